The van der Waals surface area contributed by atoms with Gasteiger partial charge < -0.3 is 11.1 Å². The van der Waals surface area contributed by atoms with Crippen LogP contribution in [0.3, 0.4) is 0 Å². The highest BCUT2D eigenvalue weighted by atomic mass is 35.5. The Morgan fingerprint density at radius 3 is 2.56 bits per heavy atom. The second-order valence-corrected chi connectivity index (χ2v) is 4.17. The first kappa shape index (κ1) is 14.8. The van der Waals surface area contributed by atoms with Gasteiger partial charge in [0.15, 0.2) is 0 Å². The number of rotatable bonds is 3. The Bertz CT molecular complexity index is 448. The van der Waals surface area contributed by atoms with Crippen LogP contribution in [0.1, 0.15) is 18.9 Å². The van der Waals surface area contributed by atoms with E-state index in [1.54, 1.807) is 6.92 Å². The van der Waals surface area contributed by atoms with Gasteiger partial charge in [-0.15, -0.1) is 0 Å². The molecule has 0 aliphatic rings. The monoisotopic (exact) mass is 280 g/mol. The van der Waals surface area contributed by atoms with Crippen molar-refractivity contribution in [1.82, 2.24) is 0 Å². The summed E-state index contributed by atoms with van der Waals surface area (Å²) in [5.74, 6) is -0.548. The number of nitrogens with one attached hydrogen (secondary N) is 1. The van der Waals surface area contributed by atoms with E-state index in [0.29, 0.717) is 6.42 Å². The van der Waals surface area contributed by atoms with Gasteiger partial charge >= 0.3 is 6.18 Å². The van der Waals surface area contributed by atoms with Gasteiger partial charge in [0.25, 0.3) is 0 Å². The molecular formula is C11H12ClF3N2O. The largest absolute Gasteiger partial charge is 0.416 e. The predicted molar refractivity (Wildman–Crippen MR) is 63.4 cm³/mol. The lowest BCUT2D eigenvalue weighted by Crippen LogP contribution is -2.34. The SMILES string of the molecule is CC[C@H](N)C(=O)Nc1cc(Cl)cc(C(F)(F)F)c1. The van der Waals surface area contributed by atoms with Crippen molar-refractivity contribution in [3.8, 4) is 0 Å². The molecule has 18 heavy (non-hydrogen) atoms. The van der Waals surface area contributed by atoms with Gasteiger partial charge in [-0.05, 0) is 24.6 Å². The van der Waals surface area contributed by atoms with E-state index >= 15 is 0 Å². The van der Waals surface area contributed by atoms with E-state index < -0.39 is 23.7 Å². The molecule has 1 rings (SSSR count). The predicted octanol–water partition coefficient (Wildman–Crippen LogP) is 3.03. The number of anilines is 1. The summed E-state index contributed by atoms with van der Waals surface area (Å²) in [6.45, 7) is 1.70. The van der Waals surface area contributed by atoms with Gasteiger partial charge in [0.2, 0.25) is 5.91 Å². The first-order valence-corrected chi connectivity index (χ1v) is 5.56. The smallest absolute Gasteiger partial charge is 0.325 e. The first-order chi connectivity index (χ1) is 8.24. The second-order valence-electron chi connectivity index (χ2n) is 3.73. The number of alkyl halides is 3. The molecule has 1 atom stereocenters. The highest BCUT2D eigenvalue weighted by molar-refractivity contribution is 6.31. The lowest BCUT2D eigenvalue weighted by Gasteiger charge is -2.13. The molecule has 0 saturated heterocycles. The zero-order valence-electron chi connectivity index (χ0n) is 9.51. The Hall–Kier alpha value is -1.27. The Morgan fingerprint density at radius 2 is 2.06 bits per heavy atom. The van der Waals surface area contributed by atoms with Crippen LogP contribution < -0.4 is 11.1 Å². The Kier molecular flexibility index (Phi) is 4.59. The van der Waals surface area contributed by atoms with Crippen LogP contribution in [0.5, 0.6) is 0 Å². The van der Waals surface area contributed by atoms with Crippen molar-refractivity contribution in [1.29, 1.82) is 0 Å². The van der Waals surface area contributed by atoms with Gasteiger partial charge in [-0.1, -0.05) is 18.5 Å². The maximum atomic E-state index is 12.5. The van der Waals surface area contributed by atoms with E-state index in [9.17, 15) is 18.0 Å². The fourth-order valence-electron chi connectivity index (χ4n) is 1.25. The van der Waals surface area contributed by atoms with Crippen LogP contribution in [0.2, 0.25) is 5.02 Å². The first-order valence-electron chi connectivity index (χ1n) is 5.18. The lowest BCUT2D eigenvalue weighted by atomic mass is 10.1. The standard InChI is InChI=1S/C11H12ClF3N2O/c1-2-9(16)10(18)17-8-4-6(11(13,14)15)3-7(12)5-8/h3-5,9H,2,16H2,1H3,(H,17,18)/t9-/m0/s1. The molecular weight excluding hydrogens is 269 g/mol. The fourth-order valence-corrected chi connectivity index (χ4v) is 1.48. The third-order valence-electron chi connectivity index (χ3n) is 2.27. The summed E-state index contributed by atoms with van der Waals surface area (Å²) in [5, 5.41) is 2.19. The van der Waals surface area contributed by atoms with E-state index in [1.165, 1.54) is 6.07 Å². The minimum Gasteiger partial charge on any atom is -0.325 e. The molecule has 0 heterocycles. The fraction of sp³-hybridized carbons (Fsp3) is 0.364. The van der Waals surface area contributed by atoms with Gasteiger partial charge in [0.05, 0.1) is 11.6 Å². The highest BCUT2D eigenvalue weighted by Crippen LogP contribution is 2.33. The van der Waals surface area contributed by atoms with Crippen molar-refractivity contribution >= 4 is 23.2 Å². The van der Waals surface area contributed by atoms with Crippen LogP contribution in [0.15, 0.2) is 18.2 Å². The summed E-state index contributed by atoms with van der Waals surface area (Å²) in [5.41, 5.74) is 4.51. The molecule has 100 valence electrons. The molecule has 1 amide bonds. The van der Waals surface area contributed by atoms with E-state index in [0.717, 1.165) is 12.1 Å². The van der Waals surface area contributed by atoms with Gasteiger partial charge in [-0.2, -0.15) is 13.2 Å². The molecule has 7 heteroatoms. The normalized spacial score (nSPS) is 13.2. The molecule has 0 bridgehead atoms. The minimum atomic E-state index is -4.52. The summed E-state index contributed by atoms with van der Waals surface area (Å²) < 4.78 is 37.5. The van der Waals surface area contributed by atoms with Gasteiger partial charge in [-0.25, -0.2) is 0 Å². The highest BCUT2D eigenvalue weighted by Gasteiger charge is 2.31. The summed E-state index contributed by atoms with van der Waals surface area (Å²) in [7, 11) is 0. The van der Waals surface area contributed by atoms with Crippen molar-refractivity contribution in [2.24, 2.45) is 5.73 Å². The van der Waals surface area contributed by atoms with Crippen molar-refractivity contribution in [3.05, 3.63) is 28.8 Å². The van der Waals surface area contributed by atoms with Gasteiger partial charge in [-0.3, -0.25) is 4.79 Å². The van der Waals surface area contributed by atoms with Crippen LogP contribution in [-0.4, -0.2) is 11.9 Å². The minimum absolute atomic E-state index is 0.0243. The zero-order valence-corrected chi connectivity index (χ0v) is 10.3. The van der Waals surface area contributed by atoms with E-state index in [4.69, 9.17) is 17.3 Å². The maximum absolute atomic E-state index is 12.5. The topological polar surface area (TPSA) is 55.1 Å². The van der Waals surface area contributed by atoms with Gasteiger partial charge in [0, 0.05) is 10.7 Å². The molecule has 1 aromatic carbocycles. The van der Waals surface area contributed by atoms with Crippen molar-refractivity contribution in [2.75, 3.05) is 5.32 Å². The Labute approximate surface area is 107 Å². The van der Waals surface area contributed by atoms with Crippen LogP contribution in [0.25, 0.3) is 0 Å². The zero-order chi connectivity index (χ0) is 13.9. The third-order valence-corrected chi connectivity index (χ3v) is 2.49. The molecule has 3 N–H and O–H groups in total. The third kappa shape index (κ3) is 3.89. The second kappa shape index (κ2) is 5.58. The summed E-state index contributed by atoms with van der Waals surface area (Å²) in [6, 6.07) is 2.07. The molecule has 0 spiro atoms. The molecule has 0 unspecified atom stereocenters. The van der Waals surface area contributed by atoms with E-state index in [2.05, 4.69) is 5.32 Å². The number of benzene rings is 1. The molecule has 0 aliphatic carbocycles. The van der Waals surface area contributed by atoms with E-state index in [-0.39, 0.29) is 10.7 Å². The molecule has 1 aromatic rings. The lowest BCUT2D eigenvalue weighted by molar-refractivity contribution is -0.137. The molecule has 0 aromatic heterocycles. The van der Waals surface area contributed by atoms with Crippen molar-refractivity contribution in [2.45, 2.75) is 25.6 Å². The number of hydrogen-bond acceptors (Lipinski definition) is 2. The van der Waals surface area contributed by atoms with Crippen LogP contribution >= 0.6 is 11.6 Å². The Morgan fingerprint density at radius 1 is 1.44 bits per heavy atom. The molecule has 0 fully saturated rings. The van der Waals surface area contributed by atoms with Crippen LogP contribution in [-0.2, 0) is 11.0 Å². The Balaban J connectivity index is 2.97. The van der Waals surface area contributed by atoms with Crippen molar-refractivity contribution in [3.63, 3.8) is 0 Å². The molecule has 3 nitrogen and oxygen atoms in total. The van der Waals surface area contributed by atoms with E-state index in [1.807, 2.05) is 0 Å². The van der Waals surface area contributed by atoms with Crippen molar-refractivity contribution < 1.29 is 18.0 Å². The number of carbonyl (C=O) groups excluding carboxylic acids is 1. The number of hydrogen-bond donors (Lipinski definition) is 2. The molecule has 0 radical (unpaired) electrons. The summed E-state index contributed by atoms with van der Waals surface area (Å²) >= 11 is 5.57. The average Bonchev–Trinajstić information content (AvgIpc) is 2.25. The number of carbonyl (C=O) groups is 1. The van der Waals surface area contributed by atoms with Gasteiger partial charge in [0.1, 0.15) is 0 Å². The van der Waals surface area contributed by atoms with Crippen LogP contribution in [0, 0.1) is 0 Å². The number of amides is 1. The number of halogens is 4. The summed E-state index contributed by atoms with van der Waals surface area (Å²) in [4.78, 5) is 11.5. The van der Waals surface area contributed by atoms with Crippen LogP contribution in [0.4, 0.5) is 18.9 Å². The molecule has 0 saturated carbocycles. The summed E-state index contributed by atoms with van der Waals surface area (Å²) in [6.07, 6.45) is -4.13. The average molecular weight is 281 g/mol. The molecule has 0 aliphatic heterocycles. The maximum Gasteiger partial charge on any atom is 0.416 e. The number of nitrogens with two attached hydrogens (primary N) is 1. The quantitative estimate of drug-likeness (QED) is 0.894.